The highest BCUT2D eigenvalue weighted by Gasteiger charge is 2.18. The van der Waals surface area contributed by atoms with E-state index in [2.05, 4.69) is 181 Å². The highest BCUT2D eigenvalue weighted by atomic mass is 32.1. The molecule has 0 aliphatic rings. The normalized spacial score (nSPS) is 11.9. The Kier molecular flexibility index (Phi) is 6.80. The summed E-state index contributed by atoms with van der Waals surface area (Å²) in [7, 11) is 0. The molecule has 0 aliphatic carbocycles. The summed E-state index contributed by atoms with van der Waals surface area (Å²) in [6, 6.07) is 67.3. The Hall–Kier alpha value is -7.14. The largest absolute Gasteiger partial charge is 0.456 e. The van der Waals surface area contributed by atoms with E-state index in [1.807, 2.05) is 23.5 Å². The van der Waals surface area contributed by atoms with E-state index in [1.54, 1.807) is 0 Å². The van der Waals surface area contributed by atoms with E-state index in [0.717, 1.165) is 77.5 Å². The SMILES string of the molecule is c1ccc2c(c1)ccc1c2oc2cccc(-c3ccc(N(c4ccc(-c5ccc6sc7ccccc7c6c5)cc4)c4ccc5oc6ccccc6c5c4)cc3)c21. The maximum atomic E-state index is 6.53. The van der Waals surface area contributed by atoms with Gasteiger partial charge in [0.05, 0.1) is 0 Å². The molecule has 56 heavy (non-hydrogen) atoms. The van der Waals surface area contributed by atoms with Gasteiger partial charge in [-0.15, -0.1) is 11.3 Å². The number of hydrogen-bond acceptors (Lipinski definition) is 4. The third-order valence-corrected chi connectivity index (χ3v) is 12.4. The third kappa shape index (κ3) is 4.83. The molecule has 262 valence electrons. The van der Waals surface area contributed by atoms with Crippen LogP contribution in [0.5, 0.6) is 0 Å². The summed E-state index contributed by atoms with van der Waals surface area (Å²) >= 11 is 1.85. The number of anilines is 3. The number of fused-ring (bicyclic) bond motifs is 11. The molecule has 0 amide bonds. The molecule has 3 heterocycles. The molecular weight excluding hydrogens is 703 g/mol. The van der Waals surface area contributed by atoms with Crippen molar-refractivity contribution < 1.29 is 8.83 Å². The number of furan rings is 2. The van der Waals surface area contributed by atoms with Crippen LogP contribution in [0, 0.1) is 0 Å². The van der Waals surface area contributed by atoms with Crippen molar-refractivity contribution in [1.29, 1.82) is 0 Å². The van der Waals surface area contributed by atoms with Crippen LogP contribution in [0.3, 0.4) is 0 Å². The van der Waals surface area contributed by atoms with Crippen LogP contribution in [0.15, 0.2) is 197 Å². The number of para-hydroxylation sites is 1. The van der Waals surface area contributed by atoms with Crippen LogP contribution in [0.1, 0.15) is 0 Å². The van der Waals surface area contributed by atoms with Gasteiger partial charge in [0.15, 0.2) is 0 Å². The van der Waals surface area contributed by atoms with Crippen molar-refractivity contribution in [2.75, 3.05) is 4.90 Å². The lowest BCUT2D eigenvalue weighted by Crippen LogP contribution is -2.09. The molecule has 12 rings (SSSR count). The van der Waals surface area contributed by atoms with E-state index in [0.29, 0.717) is 0 Å². The summed E-state index contributed by atoms with van der Waals surface area (Å²) in [4.78, 5) is 2.34. The van der Waals surface area contributed by atoms with E-state index in [4.69, 9.17) is 8.83 Å². The molecule has 0 unspecified atom stereocenters. The maximum absolute atomic E-state index is 6.53. The second-order valence-electron chi connectivity index (χ2n) is 14.5. The standard InChI is InChI=1S/C52H31NO2S/c1-2-9-40-33(8-1)20-27-43-51-39(12-7-14-48(51)55-52(40)43)34-18-24-37(25-19-34)53(38-26-28-47-44(31-38)41-10-3-5-13-46(41)54-47)36-22-16-32(17-23-36)35-21-29-50-45(30-35)42-11-4-6-15-49(42)56-50/h1-31H. The Morgan fingerprint density at radius 2 is 1.02 bits per heavy atom. The molecule has 3 nitrogen and oxygen atoms in total. The molecule has 0 bridgehead atoms. The number of nitrogens with zero attached hydrogens (tertiary/aromatic N) is 1. The van der Waals surface area contributed by atoms with Crippen molar-refractivity contribution in [2.24, 2.45) is 0 Å². The van der Waals surface area contributed by atoms with Gasteiger partial charge < -0.3 is 13.7 Å². The Morgan fingerprint density at radius 1 is 0.357 bits per heavy atom. The summed E-state index contributed by atoms with van der Waals surface area (Å²) in [5.41, 5.74) is 11.5. The highest BCUT2D eigenvalue weighted by Crippen LogP contribution is 2.43. The van der Waals surface area contributed by atoms with Gasteiger partial charge in [-0.2, -0.15) is 0 Å². The number of hydrogen-bond donors (Lipinski definition) is 0. The smallest absolute Gasteiger partial charge is 0.143 e. The molecule has 0 saturated heterocycles. The molecule has 12 aromatic rings. The average Bonchev–Trinajstić information content (AvgIpc) is 3.95. The lowest BCUT2D eigenvalue weighted by Gasteiger charge is -2.26. The van der Waals surface area contributed by atoms with Gasteiger partial charge in [0.25, 0.3) is 0 Å². The molecule has 9 aromatic carbocycles. The lowest BCUT2D eigenvalue weighted by atomic mass is 9.98. The highest BCUT2D eigenvalue weighted by molar-refractivity contribution is 7.25. The predicted molar refractivity (Wildman–Crippen MR) is 237 cm³/mol. The zero-order valence-corrected chi connectivity index (χ0v) is 30.9. The minimum Gasteiger partial charge on any atom is -0.456 e. The summed E-state index contributed by atoms with van der Waals surface area (Å²) in [6.45, 7) is 0. The first-order valence-corrected chi connectivity index (χ1v) is 19.7. The Morgan fingerprint density at radius 3 is 1.88 bits per heavy atom. The van der Waals surface area contributed by atoms with E-state index in [9.17, 15) is 0 Å². The molecule has 0 spiro atoms. The lowest BCUT2D eigenvalue weighted by molar-refractivity contribution is 0.669. The van der Waals surface area contributed by atoms with E-state index in [1.165, 1.54) is 36.7 Å². The van der Waals surface area contributed by atoms with Crippen LogP contribution < -0.4 is 4.90 Å². The fraction of sp³-hybridized carbons (Fsp3) is 0. The van der Waals surface area contributed by atoms with Crippen molar-refractivity contribution in [3.63, 3.8) is 0 Å². The summed E-state index contributed by atoms with van der Waals surface area (Å²) in [5.74, 6) is 0. The van der Waals surface area contributed by atoms with Gasteiger partial charge in [0.2, 0.25) is 0 Å². The summed E-state index contributed by atoms with van der Waals surface area (Å²) in [5, 5.41) is 9.41. The second-order valence-corrected chi connectivity index (χ2v) is 15.5. The number of thiophene rings is 1. The first-order valence-electron chi connectivity index (χ1n) is 18.9. The van der Waals surface area contributed by atoms with Gasteiger partial charge in [-0.1, -0.05) is 109 Å². The third-order valence-electron chi connectivity index (χ3n) is 11.3. The summed E-state index contributed by atoms with van der Waals surface area (Å²) in [6.07, 6.45) is 0. The minimum atomic E-state index is 0.880. The van der Waals surface area contributed by atoms with Gasteiger partial charge in [-0.3, -0.25) is 0 Å². The van der Waals surface area contributed by atoms with Crippen LogP contribution in [0.4, 0.5) is 17.1 Å². The van der Waals surface area contributed by atoms with Gasteiger partial charge >= 0.3 is 0 Å². The van der Waals surface area contributed by atoms with E-state index < -0.39 is 0 Å². The van der Waals surface area contributed by atoms with Crippen molar-refractivity contribution >= 4 is 103 Å². The Balaban J connectivity index is 0.978. The van der Waals surface area contributed by atoms with E-state index in [-0.39, 0.29) is 0 Å². The minimum absolute atomic E-state index is 0.880. The molecule has 3 aromatic heterocycles. The first kappa shape index (κ1) is 31.2. The van der Waals surface area contributed by atoms with Crippen LogP contribution in [0.2, 0.25) is 0 Å². The van der Waals surface area contributed by atoms with Gasteiger partial charge in [-0.05, 0) is 107 Å². The molecule has 0 atom stereocenters. The van der Waals surface area contributed by atoms with E-state index >= 15 is 0 Å². The fourth-order valence-corrected chi connectivity index (χ4v) is 9.68. The zero-order valence-electron chi connectivity index (χ0n) is 30.1. The summed E-state index contributed by atoms with van der Waals surface area (Å²) < 4.78 is 15.4. The molecule has 0 aliphatic heterocycles. The maximum Gasteiger partial charge on any atom is 0.143 e. The topological polar surface area (TPSA) is 29.5 Å². The van der Waals surface area contributed by atoms with Crippen LogP contribution in [-0.4, -0.2) is 0 Å². The number of rotatable bonds is 5. The zero-order chi connectivity index (χ0) is 36.7. The van der Waals surface area contributed by atoms with Gasteiger partial charge in [0.1, 0.15) is 22.3 Å². The monoisotopic (exact) mass is 733 g/mol. The van der Waals surface area contributed by atoms with Crippen LogP contribution >= 0.6 is 11.3 Å². The molecular formula is C52H31NO2S. The first-order chi connectivity index (χ1) is 27.7. The molecule has 0 radical (unpaired) electrons. The van der Waals surface area contributed by atoms with Gasteiger partial charge in [0, 0.05) is 64.2 Å². The van der Waals surface area contributed by atoms with Gasteiger partial charge in [-0.25, -0.2) is 0 Å². The van der Waals surface area contributed by atoms with Crippen molar-refractivity contribution in [3.8, 4) is 22.3 Å². The molecule has 0 saturated carbocycles. The Bertz CT molecular complexity index is 3480. The molecule has 4 heteroatoms. The van der Waals surface area contributed by atoms with Crippen molar-refractivity contribution in [1.82, 2.24) is 0 Å². The van der Waals surface area contributed by atoms with Crippen LogP contribution in [-0.2, 0) is 0 Å². The fourth-order valence-electron chi connectivity index (χ4n) is 8.59. The molecule has 0 N–H and O–H groups in total. The second kappa shape index (κ2) is 12.2. The molecule has 0 fully saturated rings. The quantitative estimate of drug-likeness (QED) is 0.176. The number of benzene rings is 9. The Labute approximate surface area is 325 Å². The predicted octanol–water partition coefficient (Wildman–Crippen LogP) is 15.8. The average molecular weight is 734 g/mol. The van der Waals surface area contributed by atoms with Crippen LogP contribution in [0.25, 0.3) is 97.1 Å². The van der Waals surface area contributed by atoms with Crippen molar-refractivity contribution in [2.45, 2.75) is 0 Å². The van der Waals surface area contributed by atoms with Crippen molar-refractivity contribution in [3.05, 3.63) is 188 Å².